The van der Waals surface area contributed by atoms with Crippen molar-refractivity contribution in [1.82, 2.24) is 24.5 Å². The summed E-state index contributed by atoms with van der Waals surface area (Å²) in [6.45, 7) is 0. The monoisotopic (exact) mass is 779 g/mol. The molecule has 286 valence electrons. The lowest BCUT2D eigenvalue weighted by Gasteiger charge is -2.15. The molecule has 5 nitrogen and oxygen atoms in total. The van der Waals surface area contributed by atoms with Gasteiger partial charge in [-0.15, -0.1) is 0 Å². The molecule has 61 heavy (non-hydrogen) atoms. The Bertz CT molecular complexity index is 3160. The largest absolute Gasteiger partial charge is 0.309 e. The fourth-order valence-corrected chi connectivity index (χ4v) is 8.34. The van der Waals surface area contributed by atoms with Gasteiger partial charge in [0.2, 0.25) is 0 Å². The number of hydrogen-bond acceptors (Lipinski definition) is 4. The lowest BCUT2D eigenvalue weighted by molar-refractivity contribution is 1.07. The number of benzene rings is 8. The number of aromatic nitrogens is 5. The van der Waals surface area contributed by atoms with E-state index in [1.807, 2.05) is 85.2 Å². The van der Waals surface area contributed by atoms with E-state index in [0.29, 0.717) is 17.5 Å². The molecule has 5 heteroatoms. The van der Waals surface area contributed by atoms with Crippen LogP contribution >= 0.6 is 0 Å². The third-order valence-corrected chi connectivity index (χ3v) is 11.4. The first-order valence-corrected chi connectivity index (χ1v) is 20.5. The minimum absolute atomic E-state index is 0.610. The van der Waals surface area contributed by atoms with Crippen molar-refractivity contribution >= 4 is 21.8 Å². The summed E-state index contributed by atoms with van der Waals surface area (Å²) in [5.41, 5.74) is 15.2. The summed E-state index contributed by atoms with van der Waals surface area (Å²) >= 11 is 0. The van der Waals surface area contributed by atoms with E-state index in [4.69, 9.17) is 15.0 Å². The predicted molar refractivity (Wildman–Crippen MR) is 250 cm³/mol. The molecule has 3 aromatic heterocycles. The van der Waals surface area contributed by atoms with Gasteiger partial charge in [0, 0.05) is 45.5 Å². The summed E-state index contributed by atoms with van der Waals surface area (Å²) in [4.78, 5) is 19.5. The van der Waals surface area contributed by atoms with E-state index < -0.39 is 0 Å². The van der Waals surface area contributed by atoms with Gasteiger partial charge in [0.15, 0.2) is 17.5 Å². The van der Waals surface area contributed by atoms with E-state index in [9.17, 15) is 0 Å². The van der Waals surface area contributed by atoms with Gasteiger partial charge in [-0.3, -0.25) is 4.98 Å². The van der Waals surface area contributed by atoms with Crippen molar-refractivity contribution in [2.75, 3.05) is 0 Å². The molecule has 0 N–H and O–H groups in total. The highest BCUT2D eigenvalue weighted by atomic mass is 15.0. The van der Waals surface area contributed by atoms with Crippen LogP contribution in [-0.4, -0.2) is 24.5 Å². The molecule has 0 aliphatic heterocycles. The summed E-state index contributed by atoms with van der Waals surface area (Å²) in [6, 6.07) is 74.6. The van der Waals surface area contributed by atoms with Crippen molar-refractivity contribution in [1.29, 1.82) is 0 Å². The topological polar surface area (TPSA) is 56.5 Å². The normalized spacial score (nSPS) is 11.3. The summed E-state index contributed by atoms with van der Waals surface area (Å²) < 4.78 is 2.39. The van der Waals surface area contributed by atoms with Crippen LogP contribution in [0, 0.1) is 0 Å². The highest BCUT2D eigenvalue weighted by molar-refractivity contribution is 6.11. The van der Waals surface area contributed by atoms with Crippen molar-refractivity contribution < 1.29 is 0 Å². The summed E-state index contributed by atoms with van der Waals surface area (Å²) in [7, 11) is 0. The molecule has 0 aliphatic rings. The zero-order chi connectivity index (χ0) is 40.5. The molecule has 0 aliphatic carbocycles. The summed E-state index contributed by atoms with van der Waals surface area (Å²) in [6.07, 6.45) is 3.67. The van der Waals surface area contributed by atoms with E-state index >= 15 is 0 Å². The zero-order valence-electron chi connectivity index (χ0n) is 33.1. The summed E-state index contributed by atoms with van der Waals surface area (Å²) in [5.74, 6) is 1.86. The van der Waals surface area contributed by atoms with Gasteiger partial charge in [-0.1, -0.05) is 152 Å². The second kappa shape index (κ2) is 15.5. The molecule has 3 heterocycles. The molecule has 0 unspecified atom stereocenters. The first-order valence-electron chi connectivity index (χ1n) is 20.5. The molecule has 0 spiro atoms. The van der Waals surface area contributed by atoms with Crippen LogP contribution in [0.3, 0.4) is 0 Å². The first-order chi connectivity index (χ1) is 30.2. The molecule has 0 atom stereocenters. The van der Waals surface area contributed by atoms with Gasteiger partial charge in [-0.05, 0) is 105 Å². The molecular weight excluding hydrogens is 743 g/mol. The van der Waals surface area contributed by atoms with E-state index in [0.717, 1.165) is 55.7 Å². The minimum Gasteiger partial charge on any atom is -0.309 e. The Labute approximate surface area is 354 Å². The van der Waals surface area contributed by atoms with Gasteiger partial charge >= 0.3 is 0 Å². The Kier molecular flexibility index (Phi) is 9.10. The lowest BCUT2D eigenvalue weighted by Crippen LogP contribution is -2.01. The average molecular weight is 780 g/mol. The number of fused-ring (bicyclic) bond motifs is 3. The maximum atomic E-state index is 5.14. The van der Waals surface area contributed by atoms with Crippen LogP contribution in [0.25, 0.3) is 106 Å². The Morgan fingerprint density at radius 3 is 1.20 bits per heavy atom. The minimum atomic E-state index is 0.610. The molecule has 11 aromatic rings. The van der Waals surface area contributed by atoms with E-state index in [1.165, 1.54) is 33.0 Å². The van der Waals surface area contributed by atoms with Crippen molar-refractivity contribution in [3.05, 3.63) is 225 Å². The third kappa shape index (κ3) is 6.84. The van der Waals surface area contributed by atoms with Crippen LogP contribution in [0.5, 0.6) is 0 Å². The van der Waals surface area contributed by atoms with Gasteiger partial charge in [0.25, 0.3) is 0 Å². The van der Waals surface area contributed by atoms with Gasteiger partial charge in [0.1, 0.15) is 0 Å². The van der Waals surface area contributed by atoms with Crippen LogP contribution in [0.4, 0.5) is 0 Å². The maximum Gasteiger partial charge on any atom is 0.164 e. The number of rotatable bonds is 8. The number of pyridine rings is 1. The molecule has 0 bridgehead atoms. The molecule has 0 saturated heterocycles. The molecule has 0 fully saturated rings. The van der Waals surface area contributed by atoms with Gasteiger partial charge in [-0.2, -0.15) is 0 Å². The number of nitrogens with zero attached hydrogens (tertiary/aromatic N) is 5. The molecular formula is C56H37N5. The Hall–Kier alpha value is -8.28. The fraction of sp³-hybridized carbons (Fsp3) is 0. The van der Waals surface area contributed by atoms with Crippen molar-refractivity contribution in [3.8, 4) is 84.4 Å². The standard InChI is InChI=1S/C56H37N5/c1-5-13-38(14-6-1)45-24-29-52-50(36-45)51-37-46(39-15-7-2-8-16-39)25-30-53(51)61(52)47-26-21-41(22-27-47)49-35-44(40-31-33-57-34-32-40)23-28-48(49)56-59-54(42-17-9-3-10-18-42)58-55(60-56)43-19-11-4-12-20-43/h1-37H. The quantitative estimate of drug-likeness (QED) is 0.154. The molecule has 0 amide bonds. The molecule has 0 radical (unpaired) electrons. The predicted octanol–water partition coefficient (Wildman–Crippen LogP) is 14.0. The third-order valence-electron chi connectivity index (χ3n) is 11.4. The maximum absolute atomic E-state index is 5.14. The van der Waals surface area contributed by atoms with E-state index in [2.05, 4.69) is 149 Å². The van der Waals surface area contributed by atoms with E-state index in [-0.39, 0.29) is 0 Å². The van der Waals surface area contributed by atoms with Crippen LogP contribution in [0.1, 0.15) is 0 Å². The Balaban J connectivity index is 1.08. The van der Waals surface area contributed by atoms with Crippen LogP contribution in [0.15, 0.2) is 225 Å². The van der Waals surface area contributed by atoms with Gasteiger partial charge in [-0.25, -0.2) is 15.0 Å². The highest BCUT2D eigenvalue weighted by Gasteiger charge is 2.19. The van der Waals surface area contributed by atoms with Crippen LogP contribution < -0.4 is 0 Å². The van der Waals surface area contributed by atoms with Crippen LogP contribution in [0.2, 0.25) is 0 Å². The fourth-order valence-electron chi connectivity index (χ4n) is 8.34. The van der Waals surface area contributed by atoms with Crippen molar-refractivity contribution in [3.63, 3.8) is 0 Å². The average Bonchev–Trinajstić information content (AvgIpc) is 3.68. The molecule has 0 saturated carbocycles. The van der Waals surface area contributed by atoms with Crippen molar-refractivity contribution in [2.24, 2.45) is 0 Å². The molecule has 8 aromatic carbocycles. The molecule has 11 rings (SSSR count). The Morgan fingerprint density at radius 2 is 0.689 bits per heavy atom. The smallest absolute Gasteiger partial charge is 0.164 e. The second-order valence-electron chi connectivity index (χ2n) is 15.1. The Morgan fingerprint density at radius 1 is 0.279 bits per heavy atom. The highest BCUT2D eigenvalue weighted by Crippen LogP contribution is 2.40. The lowest BCUT2D eigenvalue weighted by atomic mass is 9.94. The van der Waals surface area contributed by atoms with Crippen molar-refractivity contribution in [2.45, 2.75) is 0 Å². The second-order valence-corrected chi connectivity index (χ2v) is 15.1. The number of hydrogen-bond donors (Lipinski definition) is 0. The first kappa shape index (κ1) is 35.8. The zero-order valence-corrected chi connectivity index (χ0v) is 33.1. The van der Waals surface area contributed by atoms with E-state index in [1.54, 1.807) is 0 Å². The SMILES string of the molecule is c1ccc(-c2ccc3c(c2)c2cc(-c4ccccc4)ccc2n3-c2ccc(-c3cc(-c4ccncc4)ccc3-c3nc(-c4ccccc4)nc(-c4ccccc4)n3)cc2)cc1. The summed E-state index contributed by atoms with van der Waals surface area (Å²) in [5, 5.41) is 2.42. The van der Waals surface area contributed by atoms with Crippen LogP contribution in [-0.2, 0) is 0 Å². The van der Waals surface area contributed by atoms with Gasteiger partial charge < -0.3 is 4.57 Å². The van der Waals surface area contributed by atoms with Gasteiger partial charge in [0.05, 0.1) is 11.0 Å².